The van der Waals surface area contributed by atoms with E-state index in [9.17, 15) is 8.42 Å². The number of pyridine rings is 1. The summed E-state index contributed by atoms with van der Waals surface area (Å²) in [5.74, 6) is 1.03. The maximum atomic E-state index is 16.1. The van der Waals surface area contributed by atoms with Crippen molar-refractivity contribution in [3.8, 4) is 28.4 Å². The Morgan fingerprint density at radius 1 is 1.07 bits per heavy atom. The number of anilines is 1. The van der Waals surface area contributed by atoms with Crippen molar-refractivity contribution in [2.24, 2.45) is 5.92 Å². The Balaban J connectivity index is 1.49. The summed E-state index contributed by atoms with van der Waals surface area (Å²) in [6.45, 7) is 0. The van der Waals surface area contributed by atoms with Gasteiger partial charge in [0, 0.05) is 30.4 Å². The van der Waals surface area contributed by atoms with Gasteiger partial charge in [-0.1, -0.05) is 35.3 Å². The van der Waals surface area contributed by atoms with Crippen LogP contribution in [0.25, 0.3) is 28.3 Å². The van der Waals surface area contributed by atoms with Crippen LogP contribution in [-0.2, 0) is 16.4 Å². The molecule has 0 saturated heterocycles. The first-order valence-corrected chi connectivity index (χ1v) is 14.6. The third-order valence-corrected chi connectivity index (χ3v) is 8.96. The number of hydrogen-bond donors (Lipinski definition) is 1. The molecule has 0 aliphatic heterocycles. The van der Waals surface area contributed by atoms with Crippen LogP contribution in [0.5, 0.6) is 5.75 Å². The van der Waals surface area contributed by atoms with E-state index >= 15 is 4.39 Å². The Labute approximate surface area is 239 Å². The van der Waals surface area contributed by atoms with Crippen LogP contribution in [0.1, 0.15) is 18.7 Å². The average Bonchev–Trinajstić information content (AvgIpc) is 3.66. The molecule has 0 amide bonds. The first-order valence-electron chi connectivity index (χ1n) is 12.4. The van der Waals surface area contributed by atoms with Crippen molar-refractivity contribution in [2.75, 3.05) is 11.8 Å². The summed E-state index contributed by atoms with van der Waals surface area (Å²) in [6.07, 6.45) is 6.53. The van der Waals surface area contributed by atoms with Gasteiger partial charge < -0.3 is 4.74 Å². The van der Waals surface area contributed by atoms with Gasteiger partial charge in [0.1, 0.15) is 27.8 Å². The first-order chi connectivity index (χ1) is 19.2. The van der Waals surface area contributed by atoms with Crippen LogP contribution >= 0.6 is 23.2 Å². The molecular weight excluding hydrogens is 576 g/mol. The molecular formula is C28H22Cl2FN5O3S. The standard InChI is InChI=1S/C28H22Cl2FN5O3S/c1-39-17-11-13-36-24(15-17)34-26(27(36)22-10-12-32-23(33-22)14-16-8-9-16)18-4-2-7-21(25(18)31)35-40(37,38)28-19(29)5-3-6-20(28)30/h2-7,10-13,15-16,35H,8-9,14H2,1H3. The van der Waals surface area contributed by atoms with Crippen molar-refractivity contribution in [2.45, 2.75) is 24.2 Å². The number of nitrogens with zero attached hydrogens (tertiary/aromatic N) is 4. The largest absolute Gasteiger partial charge is 0.497 e. The number of imidazole rings is 1. The number of rotatable bonds is 8. The summed E-state index contributed by atoms with van der Waals surface area (Å²) in [4.78, 5) is 13.6. The molecule has 1 aliphatic rings. The minimum atomic E-state index is -4.32. The lowest BCUT2D eigenvalue weighted by Crippen LogP contribution is -2.15. The Morgan fingerprint density at radius 2 is 1.82 bits per heavy atom. The van der Waals surface area contributed by atoms with Crippen molar-refractivity contribution in [1.82, 2.24) is 19.4 Å². The van der Waals surface area contributed by atoms with Gasteiger partial charge in [-0.15, -0.1) is 0 Å². The minimum absolute atomic E-state index is 0.0745. The molecule has 5 aromatic rings. The van der Waals surface area contributed by atoms with Crippen LogP contribution < -0.4 is 9.46 Å². The summed E-state index contributed by atoms with van der Waals surface area (Å²) in [5, 5.41) is -0.169. The van der Waals surface area contributed by atoms with Gasteiger partial charge in [0.15, 0.2) is 5.82 Å². The maximum absolute atomic E-state index is 16.1. The van der Waals surface area contributed by atoms with Crippen molar-refractivity contribution in [3.63, 3.8) is 0 Å². The van der Waals surface area contributed by atoms with Crippen molar-refractivity contribution >= 4 is 44.6 Å². The van der Waals surface area contributed by atoms with E-state index in [4.69, 9.17) is 37.9 Å². The third kappa shape index (κ3) is 4.98. The fraction of sp³-hybridized carbons (Fsp3) is 0.179. The van der Waals surface area contributed by atoms with Crippen molar-refractivity contribution < 1.29 is 17.5 Å². The van der Waals surface area contributed by atoms with Gasteiger partial charge in [0.25, 0.3) is 10.0 Å². The Morgan fingerprint density at radius 3 is 2.55 bits per heavy atom. The fourth-order valence-electron chi connectivity index (χ4n) is 4.52. The number of sulfonamides is 1. The summed E-state index contributed by atoms with van der Waals surface area (Å²) < 4.78 is 51.9. The molecule has 8 nitrogen and oxygen atoms in total. The van der Waals surface area contributed by atoms with Gasteiger partial charge in [0.05, 0.1) is 34.2 Å². The zero-order chi connectivity index (χ0) is 28.0. The number of halogens is 3. The van der Waals surface area contributed by atoms with E-state index in [0.717, 1.165) is 19.3 Å². The van der Waals surface area contributed by atoms with E-state index in [0.29, 0.717) is 34.5 Å². The summed E-state index contributed by atoms with van der Waals surface area (Å²) in [7, 11) is -2.77. The van der Waals surface area contributed by atoms with Crippen LogP contribution in [0.3, 0.4) is 0 Å². The lowest BCUT2D eigenvalue weighted by molar-refractivity contribution is 0.414. The zero-order valence-electron chi connectivity index (χ0n) is 21.1. The van der Waals surface area contributed by atoms with E-state index in [1.807, 2.05) is 0 Å². The average molecular weight is 598 g/mol. The van der Waals surface area contributed by atoms with Gasteiger partial charge in [-0.3, -0.25) is 9.12 Å². The number of methoxy groups -OCH3 is 1. The van der Waals surface area contributed by atoms with Gasteiger partial charge in [-0.25, -0.2) is 27.8 Å². The topological polar surface area (TPSA) is 98.5 Å². The molecule has 0 spiro atoms. The first kappa shape index (κ1) is 26.5. The minimum Gasteiger partial charge on any atom is -0.497 e. The molecule has 1 N–H and O–H groups in total. The summed E-state index contributed by atoms with van der Waals surface area (Å²) in [5.41, 5.74) is 1.66. The van der Waals surface area contributed by atoms with E-state index < -0.39 is 15.8 Å². The second-order valence-electron chi connectivity index (χ2n) is 9.43. The quantitative estimate of drug-likeness (QED) is 0.214. The highest BCUT2D eigenvalue weighted by Crippen LogP contribution is 2.38. The second kappa shape index (κ2) is 10.3. The second-order valence-corrected chi connectivity index (χ2v) is 11.9. The molecule has 0 unspecified atom stereocenters. The number of fused-ring (bicyclic) bond motifs is 1. The van der Waals surface area contributed by atoms with Crippen LogP contribution in [0.4, 0.5) is 10.1 Å². The zero-order valence-corrected chi connectivity index (χ0v) is 23.4. The highest BCUT2D eigenvalue weighted by Gasteiger charge is 2.27. The molecule has 6 rings (SSSR count). The molecule has 1 fully saturated rings. The number of hydrogen-bond acceptors (Lipinski definition) is 6. The molecule has 1 aliphatic carbocycles. The third-order valence-electron chi connectivity index (χ3n) is 6.64. The maximum Gasteiger partial charge on any atom is 0.264 e. The van der Waals surface area contributed by atoms with Gasteiger partial charge in [0.2, 0.25) is 0 Å². The lowest BCUT2D eigenvalue weighted by Gasteiger charge is -2.13. The Bertz CT molecular complexity index is 1860. The van der Waals surface area contributed by atoms with Gasteiger partial charge >= 0.3 is 0 Å². The van der Waals surface area contributed by atoms with E-state index in [-0.39, 0.29) is 31.9 Å². The number of nitrogens with one attached hydrogen (secondary N) is 1. The molecule has 0 atom stereocenters. The SMILES string of the molecule is COc1ccn2c(-c3ccnc(CC4CC4)n3)c(-c3cccc(NS(=O)(=O)c4c(Cl)cccc4Cl)c3F)nc2c1. The molecule has 204 valence electrons. The number of ether oxygens (including phenoxy) is 1. The molecule has 1 saturated carbocycles. The Kier molecular flexibility index (Phi) is 6.85. The molecule has 0 radical (unpaired) electrons. The number of aromatic nitrogens is 4. The van der Waals surface area contributed by atoms with Crippen LogP contribution in [-0.4, -0.2) is 34.9 Å². The molecule has 3 heterocycles. The highest BCUT2D eigenvalue weighted by molar-refractivity contribution is 7.93. The van der Waals surface area contributed by atoms with E-state index in [1.54, 1.807) is 42.1 Å². The van der Waals surface area contributed by atoms with Crippen molar-refractivity contribution in [1.29, 1.82) is 0 Å². The summed E-state index contributed by atoms with van der Waals surface area (Å²) in [6, 6.07) is 13.9. The molecule has 3 aromatic heterocycles. The van der Waals surface area contributed by atoms with Crippen LogP contribution in [0, 0.1) is 11.7 Å². The van der Waals surface area contributed by atoms with Crippen LogP contribution in [0.15, 0.2) is 71.9 Å². The smallest absolute Gasteiger partial charge is 0.264 e. The molecule has 0 bridgehead atoms. The van der Waals surface area contributed by atoms with E-state index in [2.05, 4.69) is 9.71 Å². The van der Waals surface area contributed by atoms with Crippen molar-refractivity contribution in [3.05, 3.63) is 88.7 Å². The molecule has 40 heavy (non-hydrogen) atoms. The van der Waals surface area contributed by atoms with Gasteiger partial charge in [-0.05, 0) is 55.2 Å². The molecule has 2 aromatic carbocycles. The summed E-state index contributed by atoms with van der Waals surface area (Å²) >= 11 is 12.2. The predicted molar refractivity (Wildman–Crippen MR) is 152 cm³/mol. The monoisotopic (exact) mass is 597 g/mol. The molecule has 12 heteroatoms. The fourth-order valence-corrected chi connectivity index (χ4v) is 6.73. The Hall–Kier alpha value is -3.73. The lowest BCUT2D eigenvalue weighted by atomic mass is 10.1. The van der Waals surface area contributed by atoms with Gasteiger partial charge in [-0.2, -0.15) is 0 Å². The van der Waals surface area contributed by atoms with Crippen LogP contribution in [0.2, 0.25) is 10.0 Å². The predicted octanol–water partition coefficient (Wildman–Crippen LogP) is 6.67. The highest BCUT2D eigenvalue weighted by atomic mass is 35.5. The number of benzene rings is 2. The van der Waals surface area contributed by atoms with E-state index in [1.165, 1.54) is 36.4 Å². The normalized spacial score (nSPS) is 13.5.